The zero-order valence-corrected chi connectivity index (χ0v) is 21.8. The number of aryl methyl sites for hydroxylation is 1. The summed E-state index contributed by atoms with van der Waals surface area (Å²) in [5.74, 6) is -0.365. The minimum atomic E-state index is -3.98. The van der Waals surface area contributed by atoms with Crippen molar-refractivity contribution in [3.8, 4) is 0 Å². The molecular weight excluding hydrogens is 482 g/mol. The van der Waals surface area contributed by atoms with Crippen LogP contribution >= 0.6 is 0 Å². The van der Waals surface area contributed by atoms with Crippen LogP contribution in [0.25, 0.3) is 0 Å². The molecule has 0 aliphatic carbocycles. The highest BCUT2D eigenvalue weighted by atomic mass is 32.2. The Kier molecular flexibility index (Phi) is 10.2. The molecule has 1 unspecified atom stereocenters. The average molecular weight is 520 g/mol. The lowest BCUT2D eigenvalue weighted by atomic mass is 10.0. The maximum absolute atomic E-state index is 13.5. The van der Waals surface area contributed by atoms with Crippen LogP contribution in [0.5, 0.6) is 0 Å². The third-order valence-electron chi connectivity index (χ3n) is 6.40. The lowest BCUT2D eigenvalue weighted by molar-refractivity contribution is -0.126. The molecule has 10 nitrogen and oxygen atoms in total. The van der Waals surface area contributed by atoms with Gasteiger partial charge >= 0.3 is 0 Å². The van der Waals surface area contributed by atoms with E-state index < -0.39 is 22.2 Å². The van der Waals surface area contributed by atoms with Crippen LogP contribution in [-0.2, 0) is 33.1 Å². The quantitative estimate of drug-likeness (QED) is 0.339. The number of hydrogen-bond donors (Lipinski definition) is 3. The molecule has 3 rings (SSSR count). The number of rotatable bonds is 14. The Balaban J connectivity index is 1.80. The Labute approximate surface area is 213 Å². The molecule has 2 heterocycles. The number of imidazole rings is 1. The van der Waals surface area contributed by atoms with Gasteiger partial charge < -0.3 is 20.3 Å². The third kappa shape index (κ3) is 7.95. The first-order chi connectivity index (χ1) is 17.2. The Morgan fingerprint density at radius 1 is 1.28 bits per heavy atom. The van der Waals surface area contributed by atoms with Crippen LogP contribution in [-0.4, -0.2) is 76.9 Å². The van der Waals surface area contributed by atoms with Gasteiger partial charge in [0.15, 0.2) is 5.03 Å². The second kappa shape index (κ2) is 13.1. The van der Waals surface area contributed by atoms with Gasteiger partial charge in [0.1, 0.15) is 5.78 Å². The average Bonchev–Trinajstić information content (AvgIpc) is 3.54. The predicted molar refractivity (Wildman–Crippen MR) is 136 cm³/mol. The number of carbonyl (C=O) groups excluding carboxylic acids is 2. The highest BCUT2D eigenvalue weighted by molar-refractivity contribution is 7.89. The van der Waals surface area contributed by atoms with Crippen molar-refractivity contribution >= 4 is 21.7 Å². The van der Waals surface area contributed by atoms with E-state index >= 15 is 0 Å². The zero-order chi connectivity index (χ0) is 26.1. The van der Waals surface area contributed by atoms with Crippen molar-refractivity contribution in [2.24, 2.45) is 7.05 Å². The smallest absolute Gasteiger partial charge is 0.262 e. The molecule has 0 radical (unpaired) electrons. The summed E-state index contributed by atoms with van der Waals surface area (Å²) in [5.41, 5.74) is 0.892. The van der Waals surface area contributed by atoms with Gasteiger partial charge in [0.05, 0.1) is 18.5 Å². The standard InChI is InChI=1S/C25H37N5O5S/c1-3-21(31)11-12-24(33)28-22(14-19-8-5-4-6-9-19)23(32)16-30(15-20-10-7-13-26-20)36(34,35)25-17-29(2)18-27-25/h4-6,8-9,17-18,20,22-23,26,32H,3,7,10-16H2,1-2H3,(H,28,33)/t20?,22-,23+/m0/s1. The summed E-state index contributed by atoms with van der Waals surface area (Å²) in [6.07, 6.45) is 4.28. The molecule has 3 atom stereocenters. The Hall–Kier alpha value is -2.60. The molecule has 2 aromatic rings. The summed E-state index contributed by atoms with van der Waals surface area (Å²) in [6.45, 7) is 2.54. The van der Waals surface area contributed by atoms with Gasteiger partial charge in [-0.3, -0.25) is 9.59 Å². The van der Waals surface area contributed by atoms with E-state index in [1.807, 2.05) is 30.3 Å². The maximum atomic E-state index is 13.5. The monoisotopic (exact) mass is 519 g/mol. The Morgan fingerprint density at radius 2 is 2.03 bits per heavy atom. The molecule has 11 heteroatoms. The minimum Gasteiger partial charge on any atom is -0.390 e. The summed E-state index contributed by atoms with van der Waals surface area (Å²) >= 11 is 0. The van der Waals surface area contributed by atoms with Crippen LogP contribution in [0.2, 0.25) is 0 Å². The van der Waals surface area contributed by atoms with Crippen molar-refractivity contribution in [2.75, 3.05) is 19.6 Å². The molecule has 36 heavy (non-hydrogen) atoms. The number of aliphatic hydroxyl groups is 1. The van der Waals surface area contributed by atoms with Gasteiger partial charge in [-0.05, 0) is 31.4 Å². The van der Waals surface area contributed by atoms with Gasteiger partial charge in [0.2, 0.25) is 5.91 Å². The molecule has 3 N–H and O–H groups in total. The fourth-order valence-electron chi connectivity index (χ4n) is 4.28. The topological polar surface area (TPSA) is 134 Å². The van der Waals surface area contributed by atoms with E-state index in [9.17, 15) is 23.1 Å². The molecule has 1 amide bonds. The van der Waals surface area contributed by atoms with Gasteiger partial charge in [-0.1, -0.05) is 37.3 Å². The molecule has 1 saturated heterocycles. The zero-order valence-electron chi connectivity index (χ0n) is 21.0. The second-order valence-corrected chi connectivity index (χ2v) is 11.2. The first-order valence-corrected chi connectivity index (χ1v) is 13.9. The number of carbonyl (C=O) groups is 2. The van der Waals surface area contributed by atoms with E-state index in [2.05, 4.69) is 15.6 Å². The molecular formula is C25H37N5O5S. The third-order valence-corrected chi connectivity index (χ3v) is 8.11. The van der Waals surface area contributed by atoms with Gasteiger partial charge in [0, 0.05) is 51.6 Å². The number of amides is 1. The van der Waals surface area contributed by atoms with Crippen LogP contribution in [0, 0.1) is 0 Å². The second-order valence-electron chi connectivity index (χ2n) is 9.32. The first-order valence-electron chi connectivity index (χ1n) is 12.4. The molecule has 1 aliphatic heterocycles. The van der Waals surface area contributed by atoms with Crippen molar-refractivity contribution in [1.29, 1.82) is 0 Å². The van der Waals surface area contributed by atoms with E-state index in [0.717, 1.165) is 24.9 Å². The molecule has 1 aromatic carbocycles. The number of nitrogens with one attached hydrogen (secondary N) is 2. The largest absolute Gasteiger partial charge is 0.390 e. The lowest BCUT2D eigenvalue weighted by Crippen LogP contribution is -2.52. The van der Waals surface area contributed by atoms with E-state index in [1.54, 1.807) is 18.5 Å². The van der Waals surface area contributed by atoms with Gasteiger partial charge in [-0.2, -0.15) is 4.31 Å². The Bertz CT molecular complexity index is 1100. The first kappa shape index (κ1) is 28.0. The van der Waals surface area contributed by atoms with Crippen molar-refractivity contribution in [3.05, 3.63) is 48.4 Å². The predicted octanol–water partition coefficient (Wildman–Crippen LogP) is 1.01. The number of aliphatic hydroxyl groups excluding tert-OH is 1. The summed E-state index contributed by atoms with van der Waals surface area (Å²) in [6, 6.07) is 8.61. The van der Waals surface area contributed by atoms with Crippen molar-refractivity contribution in [3.63, 3.8) is 0 Å². The summed E-state index contributed by atoms with van der Waals surface area (Å²) < 4.78 is 29.8. The maximum Gasteiger partial charge on any atom is 0.262 e. The van der Waals surface area contributed by atoms with Crippen molar-refractivity contribution < 1.29 is 23.1 Å². The molecule has 0 saturated carbocycles. The fraction of sp³-hybridized carbons (Fsp3) is 0.560. The molecule has 1 aromatic heterocycles. The summed E-state index contributed by atoms with van der Waals surface area (Å²) in [5, 5.41) is 17.3. The summed E-state index contributed by atoms with van der Waals surface area (Å²) in [7, 11) is -2.29. The molecule has 1 aliphatic rings. The van der Waals surface area contributed by atoms with Crippen LogP contribution < -0.4 is 10.6 Å². The molecule has 0 bridgehead atoms. The van der Waals surface area contributed by atoms with E-state index in [4.69, 9.17) is 0 Å². The van der Waals surface area contributed by atoms with E-state index in [-0.39, 0.29) is 48.7 Å². The number of Topliss-reactive ketones (excluding diaryl/α,β-unsaturated/α-hetero) is 1. The SMILES string of the molecule is CCC(=O)CCC(=O)N[C@@H](Cc1ccccc1)[C@H](O)CN(CC1CCCN1)S(=O)(=O)c1cn(C)cn1. The number of sulfonamides is 1. The van der Waals surface area contributed by atoms with Crippen LogP contribution in [0.1, 0.15) is 44.6 Å². The number of nitrogens with zero attached hydrogens (tertiary/aromatic N) is 3. The molecule has 1 fully saturated rings. The van der Waals surface area contributed by atoms with Crippen LogP contribution in [0.3, 0.4) is 0 Å². The van der Waals surface area contributed by atoms with Crippen LogP contribution in [0.4, 0.5) is 0 Å². The molecule has 0 spiro atoms. The highest BCUT2D eigenvalue weighted by Gasteiger charge is 2.34. The number of ketones is 1. The van der Waals surface area contributed by atoms with E-state index in [0.29, 0.717) is 12.8 Å². The van der Waals surface area contributed by atoms with E-state index in [1.165, 1.54) is 16.8 Å². The number of hydrogen-bond acceptors (Lipinski definition) is 7. The van der Waals surface area contributed by atoms with Gasteiger partial charge in [-0.15, -0.1) is 0 Å². The number of aromatic nitrogens is 2. The van der Waals surface area contributed by atoms with Gasteiger partial charge in [0.25, 0.3) is 10.0 Å². The molecule has 198 valence electrons. The van der Waals surface area contributed by atoms with Gasteiger partial charge in [-0.25, -0.2) is 13.4 Å². The fourth-order valence-corrected chi connectivity index (χ4v) is 5.75. The normalized spacial score (nSPS) is 17.7. The minimum absolute atomic E-state index is 0.0120. The summed E-state index contributed by atoms with van der Waals surface area (Å²) in [4.78, 5) is 28.3. The van der Waals surface area contributed by atoms with Crippen molar-refractivity contribution in [1.82, 2.24) is 24.5 Å². The van der Waals surface area contributed by atoms with Crippen LogP contribution in [0.15, 0.2) is 47.9 Å². The van der Waals surface area contributed by atoms with Crippen molar-refractivity contribution in [2.45, 2.75) is 68.7 Å². The number of benzene rings is 1. The highest BCUT2D eigenvalue weighted by Crippen LogP contribution is 2.18. The lowest BCUT2D eigenvalue weighted by Gasteiger charge is -2.30. The Morgan fingerprint density at radius 3 is 2.64 bits per heavy atom.